The van der Waals surface area contributed by atoms with Gasteiger partial charge in [0.1, 0.15) is 18.0 Å². The topological polar surface area (TPSA) is 94.8 Å². The van der Waals surface area contributed by atoms with Crippen LogP contribution in [-0.4, -0.2) is 28.8 Å². The standard InChI is InChI=1S/C25H24N4O4S/c1-3-19-12-20-24(34-19)26-16-29(25(20)31)14-23(30)28-27-13-18-9-10-21(22(11-18)32-2)33-15-17-7-5-4-6-8-17/h4-13,16H,3,14-15H2,1-2H3,(H,28,30). The zero-order valence-corrected chi connectivity index (χ0v) is 19.7. The molecule has 2 aromatic heterocycles. The molecule has 2 heterocycles. The number of fused-ring (bicyclic) bond motifs is 1. The summed E-state index contributed by atoms with van der Waals surface area (Å²) in [7, 11) is 1.56. The largest absolute Gasteiger partial charge is 0.493 e. The third kappa shape index (κ3) is 5.49. The predicted octanol–water partition coefficient (Wildman–Crippen LogP) is 3.76. The Morgan fingerprint density at radius 3 is 2.76 bits per heavy atom. The molecule has 0 saturated heterocycles. The van der Waals surface area contributed by atoms with Gasteiger partial charge in [0.05, 0.1) is 25.0 Å². The minimum absolute atomic E-state index is 0.175. The maximum absolute atomic E-state index is 12.6. The van der Waals surface area contributed by atoms with Crippen molar-refractivity contribution in [2.45, 2.75) is 26.5 Å². The molecule has 0 atom stereocenters. The Balaban J connectivity index is 1.37. The number of rotatable bonds is 9. The molecule has 1 amide bonds. The molecule has 1 N–H and O–H groups in total. The highest BCUT2D eigenvalue weighted by atomic mass is 32.1. The molecule has 0 spiro atoms. The normalized spacial score (nSPS) is 11.1. The Morgan fingerprint density at radius 2 is 2.00 bits per heavy atom. The molecule has 0 saturated carbocycles. The summed E-state index contributed by atoms with van der Waals surface area (Å²) < 4.78 is 12.6. The smallest absolute Gasteiger partial charge is 0.262 e. The van der Waals surface area contributed by atoms with E-state index in [1.807, 2.05) is 49.4 Å². The van der Waals surface area contributed by atoms with Crippen LogP contribution in [0.15, 0.2) is 70.8 Å². The molecule has 34 heavy (non-hydrogen) atoms. The first kappa shape index (κ1) is 23.2. The summed E-state index contributed by atoms with van der Waals surface area (Å²) >= 11 is 1.49. The molecular weight excluding hydrogens is 452 g/mol. The molecule has 9 heteroatoms. The number of aryl methyl sites for hydroxylation is 1. The maximum atomic E-state index is 12.6. The van der Waals surface area contributed by atoms with Gasteiger partial charge in [0.15, 0.2) is 11.5 Å². The molecule has 4 rings (SSSR count). The van der Waals surface area contributed by atoms with E-state index >= 15 is 0 Å². The Kier molecular flexibility index (Phi) is 7.34. The van der Waals surface area contributed by atoms with E-state index in [0.717, 1.165) is 22.4 Å². The third-order valence-electron chi connectivity index (χ3n) is 5.06. The number of methoxy groups -OCH3 is 1. The van der Waals surface area contributed by atoms with Crippen LogP contribution in [0.1, 0.15) is 22.9 Å². The van der Waals surface area contributed by atoms with Crippen molar-refractivity contribution in [2.24, 2.45) is 5.10 Å². The highest BCUT2D eigenvalue weighted by molar-refractivity contribution is 7.18. The van der Waals surface area contributed by atoms with E-state index in [4.69, 9.17) is 9.47 Å². The van der Waals surface area contributed by atoms with Crippen LogP contribution in [0.2, 0.25) is 0 Å². The second kappa shape index (κ2) is 10.8. The summed E-state index contributed by atoms with van der Waals surface area (Å²) in [6, 6.07) is 17.0. The molecule has 0 fully saturated rings. The van der Waals surface area contributed by atoms with Crippen molar-refractivity contribution in [3.05, 3.63) is 87.3 Å². The fourth-order valence-electron chi connectivity index (χ4n) is 3.28. The minimum Gasteiger partial charge on any atom is -0.493 e. The monoisotopic (exact) mass is 476 g/mol. The van der Waals surface area contributed by atoms with Crippen molar-refractivity contribution in [2.75, 3.05) is 7.11 Å². The summed E-state index contributed by atoms with van der Waals surface area (Å²) in [5.41, 5.74) is 3.97. The molecule has 0 aliphatic carbocycles. The number of hydrazone groups is 1. The predicted molar refractivity (Wildman–Crippen MR) is 133 cm³/mol. The summed E-state index contributed by atoms with van der Waals surface area (Å²) in [6.45, 7) is 2.27. The molecule has 174 valence electrons. The number of nitrogens with one attached hydrogen (secondary N) is 1. The van der Waals surface area contributed by atoms with E-state index < -0.39 is 5.91 Å². The van der Waals surface area contributed by atoms with Gasteiger partial charge in [-0.2, -0.15) is 5.10 Å². The van der Waals surface area contributed by atoms with E-state index in [1.54, 1.807) is 19.2 Å². The lowest BCUT2D eigenvalue weighted by molar-refractivity contribution is -0.121. The van der Waals surface area contributed by atoms with Gasteiger partial charge in [0.25, 0.3) is 11.5 Å². The molecule has 4 aromatic rings. The summed E-state index contributed by atoms with van der Waals surface area (Å²) in [6.07, 6.45) is 3.72. The number of aromatic nitrogens is 2. The first-order valence-electron chi connectivity index (χ1n) is 10.7. The molecule has 0 bridgehead atoms. The lowest BCUT2D eigenvalue weighted by atomic mass is 10.2. The minimum atomic E-state index is -0.430. The Morgan fingerprint density at radius 1 is 1.18 bits per heavy atom. The summed E-state index contributed by atoms with van der Waals surface area (Å²) in [5, 5.41) is 4.52. The number of ether oxygens (including phenoxy) is 2. The van der Waals surface area contributed by atoms with Crippen molar-refractivity contribution in [1.82, 2.24) is 15.0 Å². The Labute approximate surface area is 200 Å². The van der Waals surface area contributed by atoms with Crippen LogP contribution in [-0.2, 0) is 24.4 Å². The number of nitrogens with zero attached hydrogens (tertiary/aromatic N) is 3. The average molecular weight is 477 g/mol. The number of benzene rings is 2. The van der Waals surface area contributed by atoms with Crippen LogP contribution in [0.4, 0.5) is 0 Å². The molecule has 0 aliphatic heterocycles. The van der Waals surface area contributed by atoms with E-state index in [9.17, 15) is 9.59 Å². The van der Waals surface area contributed by atoms with Crippen molar-refractivity contribution >= 4 is 33.7 Å². The second-order valence-electron chi connectivity index (χ2n) is 7.44. The second-order valence-corrected chi connectivity index (χ2v) is 8.56. The number of thiophene rings is 1. The van der Waals surface area contributed by atoms with Crippen molar-refractivity contribution in [3.63, 3.8) is 0 Å². The van der Waals surface area contributed by atoms with Crippen molar-refractivity contribution < 1.29 is 14.3 Å². The highest BCUT2D eigenvalue weighted by Crippen LogP contribution is 2.28. The zero-order chi connectivity index (χ0) is 23.9. The van der Waals surface area contributed by atoms with Crippen LogP contribution in [0.25, 0.3) is 10.2 Å². The van der Waals surface area contributed by atoms with Crippen molar-refractivity contribution in [1.29, 1.82) is 0 Å². The quantitative estimate of drug-likeness (QED) is 0.293. The van der Waals surface area contributed by atoms with Gasteiger partial charge in [-0.05, 0) is 41.8 Å². The van der Waals surface area contributed by atoms with Gasteiger partial charge < -0.3 is 9.47 Å². The van der Waals surface area contributed by atoms with Gasteiger partial charge in [-0.25, -0.2) is 10.4 Å². The van der Waals surface area contributed by atoms with E-state index in [0.29, 0.717) is 28.3 Å². The number of hydrogen-bond donors (Lipinski definition) is 1. The first-order valence-corrected chi connectivity index (χ1v) is 11.5. The number of amides is 1. The average Bonchev–Trinajstić information content (AvgIpc) is 3.30. The molecule has 0 radical (unpaired) electrons. The van der Waals surface area contributed by atoms with Gasteiger partial charge in [0.2, 0.25) is 0 Å². The molecule has 0 unspecified atom stereocenters. The number of carbonyl (C=O) groups is 1. The lowest BCUT2D eigenvalue weighted by Crippen LogP contribution is -2.29. The van der Waals surface area contributed by atoms with Crippen LogP contribution >= 0.6 is 11.3 Å². The first-order chi connectivity index (χ1) is 16.6. The van der Waals surface area contributed by atoms with Gasteiger partial charge in [-0.1, -0.05) is 37.3 Å². The highest BCUT2D eigenvalue weighted by Gasteiger charge is 2.11. The maximum Gasteiger partial charge on any atom is 0.262 e. The van der Waals surface area contributed by atoms with Gasteiger partial charge in [-0.15, -0.1) is 11.3 Å². The van der Waals surface area contributed by atoms with E-state index in [1.165, 1.54) is 28.4 Å². The summed E-state index contributed by atoms with van der Waals surface area (Å²) in [4.78, 5) is 31.0. The third-order valence-corrected chi connectivity index (χ3v) is 6.25. The van der Waals surface area contributed by atoms with Crippen LogP contribution in [0, 0.1) is 0 Å². The van der Waals surface area contributed by atoms with Gasteiger partial charge in [0, 0.05) is 4.88 Å². The summed E-state index contributed by atoms with van der Waals surface area (Å²) in [5.74, 6) is 0.731. The van der Waals surface area contributed by atoms with Crippen LogP contribution in [0.5, 0.6) is 11.5 Å². The molecule has 8 nitrogen and oxygen atoms in total. The Bertz CT molecular complexity index is 1380. The van der Waals surface area contributed by atoms with Crippen molar-refractivity contribution in [3.8, 4) is 11.5 Å². The van der Waals surface area contributed by atoms with E-state index in [2.05, 4.69) is 15.5 Å². The lowest BCUT2D eigenvalue weighted by Gasteiger charge is -2.11. The van der Waals surface area contributed by atoms with Gasteiger partial charge >= 0.3 is 0 Å². The van der Waals surface area contributed by atoms with E-state index in [-0.39, 0.29) is 12.1 Å². The fraction of sp³-hybridized carbons (Fsp3) is 0.200. The Hall–Kier alpha value is -3.98. The number of carbonyl (C=O) groups excluding carboxylic acids is 1. The van der Waals surface area contributed by atoms with Gasteiger partial charge in [-0.3, -0.25) is 14.2 Å². The van der Waals surface area contributed by atoms with Crippen LogP contribution < -0.4 is 20.5 Å². The SMILES string of the molecule is CCc1cc2c(=O)n(CC(=O)NN=Cc3ccc(OCc4ccccc4)c(OC)c3)cnc2s1. The number of hydrogen-bond acceptors (Lipinski definition) is 7. The van der Waals surface area contributed by atoms with Crippen LogP contribution in [0.3, 0.4) is 0 Å². The zero-order valence-electron chi connectivity index (χ0n) is 18.9. The molecule has 2 aromatic carbocycles. The fourth-order valence-corrected chi connectivity index (χ4v) is 4.21. The molecule has 0 aliphatic rings. The molecular formula is C25H24N4O4S.